The lowest BCUT2D eigenvalue weighted by atomic mass is 9.75. The Balaban J connectivity index is 1.99. The predicted octanol–water partition coefficient (Wildman–Crippen LogP) is 4.52. The van der Waals surface area contributed by atoms with Crippen molar-refractivity contribution in [2.45, 2.75) is 19.0 Å². The van der Waals surface area contributed by atoms with Crippen molar-refractivity contribution in [3.63, 3.8) is 0 Å². The standard InChI is InChI=1S/C20H16F3N3O2/c1-2-28-19(27)16-15(13-9-5-7-11-6-3-4-8-12(11)13)14-10-24-26-18(14)25-17(16)20(21,22)23/h3-10,15-16H,2H2,1H3,(H,24,26). The first kappa shape index (κ1) is 18.2. The highest BCUT2D eigenvalue weighted by molar-refractivity contribution is 6.09. The number of carbonyl (C=O) groups is 1. The molecule has 2 aromatic carbocycles. The summed E-state index contributed by atoms with van der Waals surface area (Å²) in [5, 5.41) is 8.00. The molecule has 2 unspecified atom stereocenters. The highest BCUT2D eigenvalue weighted by Gasteiger charge is 2.52. The predicted molar refractivity (Wildman–Crippen MR) is 97.7 cm³/mol. The number of alkyl halides is 3. The average Bonchev–Trinajstić information content (AvgIpc) is 3.14. The summed E-state index contributed by atoms with van der Waals surface area (Å²) < 4.78 is 46.5. The van der Waals surface area contributed by atoms with Gasteiger partial charge in [0.2, 0.25) is 0 Å². The van der Waals surface area contributed by atoms with Crippen molar-refractivity contribution in [2.24, 2.45) is 10.9 Å². The molecule has 1 aliphatic rings. The minimum Gasteiger partial charge on any atom is -0.465 e. The number of nitrogens with zero attached hydrogens (tertiary/aromatic N) is 2. The molecule has 2 heterocycles. The fraction of sp³-hybridized carbons (Fsp3) is 0.250. The topological polar surface area (TPSA) is 67.3 Å². The first-order chi connectivity index (χ1) is 13.4. The Morgan fingerprint density at radius 3 is 2.64 bits per heavy atom. The molecule has 5 nitrogen and oxygen atoms in total. The van der Waals surface area contributed by atoms with Gasteiger partial charge in [0.05, 0.1) is 12.8 Å². The van der Waals surface area contributed by atoms with Gasteiger partial charge in [-0.3, -0.25) is 9.89 Å². The van der Waals surface area contributed by atoms with E-state index in [9.17, 15) is 18.0 Å². The Hall–Kier alpha value is -3.16. The summed E-state index contributed by atoms with van der Waals surface area (Å²) in [7, 11) is 0. The van der Waals surface area contributed by atoms with Crippen molar-refractivity contribution in [1.29, 1.82) is 0 Å². The second-order valence-corrected chi connectivity index (χ2v) is 6.44. The first-order valence-electron chi connectivity index (χ1n) is 8.75. The van der Waals surface area contributed by atoms with Crippen LogP contribution in [0.4, 0.5) is 19.0 Å². The molecule has 2 atom stereocenters. The van der Waals surface area contributed by atoms with E-state index >= 15 is 0 Å². The fourth-order valence-corrected chi connectivity index (χ4v) is 3.72. The Labute approximate surface area is 158 Å². The third-order valence-electron chi connectivity index (χ3n) is 4.83. The normalized spacial score (nSPS) is 19.2. The van der Waals surface area contributed by atoms with Gasteiger partial charge in [0, 0.05) is 11.5 Å². The van der Waals surface area contributed by atoms with Crippen molar-refractivity contribution in [2.75, 3.05) is 6.61 Å². The summed E-state index contributed by atoms with van der Waals surface area (Å²) in [5.74, 6) is -3.49. The molecule has 0 spiro atoms. The molecule has 0 amide bonds. The van der Waals surface area contributed by atoms with E-state index in [2.05, 4.69) is 15.2 Å². The van der Waals surface area contributed by atoms with Gasteiger partial charge in [-0.25, -0.2) is 4.99 Å². The Morgan fingerprint density at radius 2 is 1.89 bits per heavy atom. The van der Waals surface area contributed by atoms with E-state index < -0.39 is 29.7 Å². The number of aromatic amines is 1. The third-order valence-corrected chi connectivity index (χ3v) is 4.83. The number of aliphatic imine (C=N–C) groups is 1. The molecule has 28 heavy (non-hydrogen) atoms. The Morgan fingerprint density at radius 1 is 1.14 bits per heavy atom. The number of nitrogens with one attached hydrogen (secondary N) is 1. The number of aromatic nitrogens is 2. The van der Waals surface area contributed by atoms with Crippen LogP contribution in [0.3, 0.4) is 0 Å². The van der Waals surface area contributed by atoms with Gasteiger partial charge in [-0.2, -0.15) is 18.3 Å². The molecule has 0 radical (unpaired) electrons. The van der Waals surface area contributed by atoms with Gasteiger partial charge in [0.25, 0.3) is 0 Å². The molecular formula is C20H16F3N3O2. The van der Waals surface area contributed by atoms with Gasteiger partial charge >= 0.3 is 12.1 Å². The number of esters is 1. The van der Waals surface area contributed by atoms with E-state index in [4.69, 9.17) is 4.74 Å². The van der Waals surface area contributed by atoms with E-state index in [-0.39, 0.29) is 12.4 Å². The Kier molecular flexibility index (Phi) is 4.41. The van der Waals surface area contributed by atoms with Crippen LogP contribution in [0.2, 0.25) is 0 Å². The van der Waals surface area contributed by atoms with Gasteiger partial charge in [-0.1, -0.05) is 42.5 Å². The molecule has 3 aromatic rings. The number of halogens is 3. The van der Waals surface area contributed by atoms with Gasteiger partial charge < -0.3 is 4.74 Å². The van der Waals surface area contributed by atoms with Crippen LogP contribution >= 0.6 is 0 Å². The van der Waals surface area contributed by atoms with E-state index in [1.54, 1.807) is 19.1 Å². The molecule has 0 bridgehead atoms. The number of ether oxygens (including phenoxy) is 1. The molecule has 4 rings (SSSR count). The summed E-state index contributed by atoms with van der Waals surface area (Å²) in [6, 6.07) is 12.7. The highest BCUT2D eigenvalue weighted by atomic mass is 19.4. The molecule has 0 saturated carbocycles. The van der Waals surface area contributed by atoms with E-state index in [1.807, 2.05) is 30.3 Å². The average molecular weight is 387 g/mol. The zero-order chi connectivity index (χ0) is 19.9. The monoisotopic (exact) mass is 387 g/mol. The van der Waals surface area contributed by atoms with Crippen LogP contribution in [0.15, 0.2) is 53.7 Å². The lowest BCUT2D eigenvalue weighted by Gasteiger charge is -2.31. The number of rotatable bonds is 3. The van der Waals surface area contributed by atoms with Crippen LogP contribution in [0.5, 0.6) is 0 Å². The van der Waals surface area contributed by atoms with Gasteiger partial charge in [-0.05, 0) is 23.3 Å². The van der Waals surface area contributed by atoms with Crippen molar-refractivity contribution in [1.82, 2.24) is 10.2 Å². The smallest absolute Gasteiger partial charge is 0.430 e. The quantitative estimate of drug-likeness (QED) is 0.672. The van der Waals surface area contributed by atoms with Crippen LogP contribution in [0, 0.1) is 5.92 Å². The number of H-pyrrole nitrogens is 1. The molecule has 0 saturated heterocycles. The lowest BCUT2D eigenvalue weighted by molar-refractivity contribution is -0.147. The van der Waals surface area contributed by atoms with Crippen LogP contribution < -0.4 is 0 Å². The number of benzene rings is 2. The number of hydrogen-bond acceptors (Lipinski definition) is 4. The third kappa shape index (κ3) is 2.94. The molecule has 0 aliphatic carbocycles. The van der Waals surface area contributed by atoms with E-state index in [1.165, 1.54) is 6.20 Å². The van der Waals surface area contributed by atoms with Gasteiger partial charge in [0.15, 0.2) is 5.82 Å². The van der Waals surface area contributed by atoms with Crippen molar-refractivity contribution in [3.05, 3.63) is 59.8 Å². The van der Waals surface area contributed by atoms with Crippen molar-refractivity contribution >= 4 is 28.3 Å². The highest BCUT2D eigenvalue weighted by Crippen LogP contribution is 2.46. The Bertz CT molecular complexity index is 1070. The first-order valence-corrected chi connectivity index (χ1v) is 8.75. The van der Waals surface area contributed by atoms with Gasteiger partial charge in [0.1, 0.15) is 11.6 Å². The maximum atomic E-state index is 13.8. The second kappa shape index (κ2) is 6.78. The van der Waals surface area contributed by atoms with Gasteiger partial charge in [-0.15, -0.1) is 0 Å². The minimum absolute atomic E-state index is 0.00538. The van der Waals surface area contributed by atoms with Crippen molar-refractivity contribution in [3.8, 4) is 0 Å². The summed E-state index contributed by atoms with van der Waals surface area (Å²) >= 11 is 0. The van der Waals surface area contributed by atoms with E-state index in [0.29, 0.717) is 11.1 Å². The summed E-state index contributed by atoms with van der Waals surface area (Å²) in [4.78, 5) is 16.4. The van der Waals surface area contributed by atoms with E-state index in [0.717, 1.165) is 10.8 Å². The zero-order valence-corrected chi connectivity index (χ0v) is 14.8. The largest absolute Gasteiger partial charge is 0.465 e. The maximum Gasteiger partial charge on any atom is 0.430 e. The molecule has 1 N–H and O–H groups in total. The summed E-state index contributed by atoms with van der Waals surface area (Å²) in [6.07, 6.45) is -3.37. The second-order valence-electron chi connectivity index (χ2n) is 6.44. The number of carbonyl (C=O) groups excluding carboxylic acids is 1. The molecule has 1 aromatic heterocycles. The molecule has 1 aliphatic heterocycles. The zero-order valence-electron chi connectivity index (χ0n) is 14.8. The van der Waals surface area contributed by atoms with Crippen LogP contribution in [0.25, 0.3) is 10.8 Å². The molecule has 8 heteroatoms. The van der Waals surface area contributed by atoms with Crippen LogP contribution in [0.1, 0.15) is 24.0 Å². The number of fused-ring (bicyclic) bond motifs is 2. The SMILES string of the molecule is CCOC(=O)C1C(C(F)(F)F)=Nc2[nH]ncc2C1c1cccc2ccccc12. The van der Waals surface area contributed by atoms with Crippen LogP contribution in [-0.2, 0) is 9.53 Å². The number of hydrogen-bond donors (Lipinski definition) is 1. The van der Waals surface area contributed by atoms with Crippen molar-refractivity contribution < 1.29 is 22.7 Å². The minimum atomic E-state index is -4.79. The van der Waals surface area contributed by atoms with Crippen LogP contribution in [-0.4, -0.2) is 34.7 Å². The molecule has 0 fully saturated rings. The molecule has 144 valence electrons. The summed E-state index contributed by atoms with van der Waals surface area (Å²) in [6.45, 7) is 1.53. The lowest BCUT2D eigenvalue weighted by Crippen LogP contribution is -2.42. The maximum absolute atomic E-state index is 13.8. The summed E-state index contributed by atoms with van der Waals surface area (Å²) in [5.41, 5.74) is -0.154. The fourth-order valence-electron chi connectivity index (χ4n) is 3.72. The molecular weight excluding hydrogens is 371 g/mol.